The highest BCUT2D eigenvalue weighted by Crippen LogP contribution is 2.21. The lowest BCUT2D eigenvalue weighted by Crippen LogP contribution is -2.49. The van der Waals surface area contributed by atoms with Crippen LogP contribution in [-0.4, -0.2) is 41.1 Å². The highest BCUT2D eigenvalue weighted by atomic mass is 32.1. The molecule has 1 heterocycles. The second-order valence-corrected chi connectivity index (χ2v) is 7.46. The molecule has 3 nitrogen and oxygen atoms in total. The molecule has 0 aliphatic carbocycles. The van der Waals surface area contributed by atoms with E-state index >= 15 is 0 Å². The second-order valence-electron chi connectivity index (χ2n) is 7.07. The zero-order valence-electron chi connectivity index (χ0n) is 15.7. The first-order valence-electron chi connectivity index (χ1n) is 9.03. The molecule has 0 aromatic heterocycles. The van der Waals surface area contributed by atoms with Crippen LogP contribution in [-0.2, 0) is 6.54 Å². The molecule has 0 radical (unpaired) electrons. The van der Waals surface area contributed by atoms with Crippen LogP contribution in [0.25, 0.3) is 0 Å². The van der Waals surface area contributed by atoms with Gasteiger partial charge in [0.25, 0.3) is 0 Å². The number of aryl methyl sites for hydroxylation is 3. The van der Waals surface area contributed by atoms with E-state index in [1.807, 2.05) is 12.1 Å². The van der Waals surface area contributed by atoms with E-state index < -0.39 is 0 Å². The first-order chi connectivity index (χ1) is 12.4. The normalized spacial score (nSPS) is 15.2. The van der Waals surface area contributed by atoms with Gasteiger partial charge in [-0.05, 0) is 73.4 Å². The minimum Gasteiger partial charge on any atom is -0.346 e. The number of anilines is 1. The van der Waals surface area contributed by atoms with Gasteiger partial charge >= 0.3 is 0 Å². The van der Waals surface area contributed by atoms with Crippen molar-refractivity contribution in [3.05, 3.63) is 64.5 Å². The number of nitrogens with zero attached hydrogens (tertiary/aromatic N) is 2. The number of hydrogen-bond acceptors (Lipinski definition) is 2. The summed E-state index contributed by atoms with van der Waals surface area (Å²) in [6.07, 6.45) is 0. The Labute approximate surface area is 160 Å². The SMILES string of the molecule is Cc1cc(C)c(NC(=S)N2CCN(Cc3ccc(F)cc3)CC2)cc1C. The maximum Gasteiger partial charge on any atom is 0.173 e. The molecule has 0 amide bonds. The van der Waals surface area contributed by atoms with Crippen LogP contribution in [0, 0.1) is 26.6 Å². The molecule has 2 aromatic rings. The van der Waals surface area contributed by atoms with Crippen molar-refractivity contribution in [2.75, 3.05) is 31.5 Å². The Morgan fingerprint density at radius 3 is 2.23 bits per heavy atom. The average molecular weight is 372 g/mol. The van der Waals surface area contributed by atoms with Gasteiger partial charge in [0.05, 0.1) is 0 Å². The van der Waals surface area contributed by atoms with E-state index in [0.29, 0.717) is 0 Å². The minimum absolute atomic E-state index is 0.184. The monoisotopic (exact) mass is 371 g/mol. The average Bonchev–Trinajstić information content (AvgIpc) is 2.62. The van der Waals surface area contributed by atoms with Crippen molar-refractivity contribution >= 4 is 23.0 Å². The van der Waals surface area contributed by atoms with Gasteiger partial charge in [-0.15, -0.1) is 0 Å². The highest BCUT2D eigenvalue weighted by molar-refractivity contribution is 7.80. The molecule has 2 aromatic carbocycles. The summed E-state index contributed by atoms with van der Waals surface area (Å²) in [6, 6.07) is 11.1. The molecule has 0 bridgehead atoms. The fraction of sp³-hybridized carbons (Fsp3) is 0.381. The highest BCUT2D eigenvalue weighted by Gasteiger charge is 2.19. The van der Waals surface area contributed by atoms with Crippen LogP contribution in [0.2, 0.25) is 0 Å². The first kappa shape index (κ1) is 18.8. The van der Waals surface area contributed by atoms with E-state index in [4.69, 9.17) is 12.2 Å². The quantitative estimate of drug-likeness (QED) is 0.812. The molecule has 138 valence electrons. The lowest BCUT2D eigenvalue weighted by atomic mass is 10.1. The number of piperazine rings is 1. The number of hydrogen-bond donors (Lipinski definition) is 1. The summed E-state index contributed by atoms with van der Waals surface area (Å²) >= 11 is 5.63. The fourth-order valence-corrected chi connectivity index (χ4v) is 3.54. The maximum absolute atomic E-state index is 13.0. The van der Waals surface area contributed by atoms with Crippen molar-refractivity contribution in [3.8, 4) is 0 Å². The summed E-state index contributed by atoms with van der Waals surface area (Å²) in [5.74, 6) is -0.184. The maximum atomic E-state index is 13.0. The van der Waals surface area contributed by atoms with Crippen LogP contribution in [0.3, 0.4) is 0 Å². The van der Waals surface area contributed by atoms with Gasteiger partial charge in [-0.3, -0.25) is 4.90 Å². The molecule has 0 saturated carbocycles. The third-order valence-electron chi connectivity index (χ3n) is 5.06. The summed E-state index contributed by atoms with van der Waals surface area (Å²) in [5.41, 5.74) is 6.02. The number of halogens is 1. The van der Waals surface area contributed by atoms with Crippen molar-refractivity contribution in [2.24, 2.45) is 0 Å². The van der Waals surface area contributed by atoms with Crippen LogP contribution in [0.5, 0.6) is 0 Å². The molecule has 0 unspecified atom stereocenters. The van der Waals surface area contributed by atoms with E-state index in [9.17, 15) is 4.39 Å². The summed E-state index contributed by atoms with van der Waals surface area (Å²) in [5, 5.41) is 4.21. The van der Waals surface area contributed by atoms with E-state index in [2.05, 4.69) is 48.0 Å². The fourth-order valence-electron chi connectivity index (χ4n) is 3.25. The van der Waals surface area contributed by atoms with Crippen LogP contribution >= 0.6 is 12.2 Å². The van der Waals surface area contributed by atoms with Crippen LogP contribution < -0.4 is 5.32 Å². The molecule has 26 heavy (non-hydrogen) atoms. The zero-order chi connectivity index (χ0) is 18.7. The third kappa shape index (κ3) is 4.59. The van der Waals surface area contributed by atoms with Gasteiger partial charge < -0.3 is 10.2 Å². The molecule has 5 heteroatoms. The van der Waals surface area contributed by atoms with Gasteiger partial charge in [0.1, 0.15) is 5.82 Å². The Bertz CT molecular complexity index is 781. The van der Waals surface area contributed by atoms with Crippen molar-refractivity contribution in [3.63, 3.8) is 0 Å². The summed E-state index contributed by atoms with van der Waals surface area (Å²) in [7, 11) is 0. The van der Waals surface area contributed by atoms with E-state index in [0.717, 1.165) is 49.1 Å². The number of rotatable bonds is 3. The van der Waals surface area contributed by atoms with Crippen molar-refractivity contribution in [1.29, 1.82) is 0 Å². The number of benzene rings is 2. The number of thiocarbonyl (C=S) groups is 1. The Morgan fingerprint density at radius 2 is 1.58 bits per heavy atom. The van der Waals surface area contributed by atoms with Crippen LogP contribution in [0.15, 0.2) is 36.4 Å². The molecule has 0 atom stereocenters. The predicted octanol–water partition coefficient (Wildman–Crippen LogP) is 4.27. The molecule has 1 fully saturated rings. The standard InChI is InChI=1S/C21H26FN3S/c1-15-12-17(3)20(13-16(15)2)23-21(26)25-10-8-24(9-11-25)14-18-4-6-19(22)7-5-18/h4-7,12-13H,8-11,14H2,1-3H3,(H,23,26). The van der Waals surface area contributed by atoms with Crippen LogP contribution in [0.4, 0.5) is 10.1 Å². The third-order valence-corrected chi connectivity index (χ3v) is 5.42. The van der Waals surface area contributed by atoms with Gasteiger partial charge in [-0.25, -0.2) is 4.39 Å². The Balaban J connectivity index is 1.53. The molecule has 1 N–H and O–H groups in total. The minimum atomic E-state index is -0.184. The lowest BCUT2D eigenvalue weighted by Gasteiger charge is -2.36. The van der Waals surface area contributed by atoms with Gasteiger partial charge in [-0.1, -0.05) is 18.2 Å². The molecule has 1 saturated heterocycles. The Hall–Kier alpha value is -1.98. The Kier molecular flexibility index (Phi) is 5.89. The largest absolute Gasteiger partial charge is 0.346 e. The zero-order valence-corrected chi connectivity index (χ0v) is 16.5. The van der Waals surface area contributed by atoms with Crippen molar-refractivity contribution < 1.29 is 4.39 Å². The molecular weight excluding hydrogens is 345 g/mol. The molecule has 1 aliphatic heterocycles. The van der Waals surface area contributed by atoms with Crippen LogP contribution in [0.1, 0.15) is 22.3 Å². The molecule has 1 aliphatic rings. The lowest BCUT2D eigenvalue weighted by molar-refractivity contribution is 0.177. The van der Waals surface area contributed by atoms with Crippen molar-refractivity contribution in [1.82, 2.24) is 9.80 Å². The van der Waals surface area contributed by atoms with E-state index in [1.165, 1.54) is 28.8 Å². The molecular formula is C21H26FN3S. The summed E-state index contributed by atoms with van der Waals surface area (Å²) in [4.78, 5) is 4.61. The van der Waals surface area contributed by atoms with Gasteiger partial charge in [-0.2, -0.15) is 0 Å². The summed E-state index contributed by atoms with van der Waals surface area (Å²) < 4.78 is 13.0. The first-order valence-corrected chi connectivity index (χ1v) is 9.44. The molecule has 0 spiro atoms. The smallest absolute Gasteiger partial charge is 0.173 e. The summed E-state index contributed by atoms with van der Waals surface area (Å²) in [6.45, 7) is 10.9. The molecule has 3 rings (SSSR count). The van der Waals surface area contributed by atoms with Gasteiger partial charge in [0, 0.05) is 38.4 Å². The second kappa shape index (κ2) is 8.14. The number of nitrogens with one attached hydrogen (secondary N) is 1. The predicted molar refractivity (Wildman–Crippen MR) is 110 cm³/mol. The van der Waals surface area contributed by atoms with E-state index in [-0.39, 0.29) is 5.82 Å². The Morgan fingerprint density at radius 1 is 0.962 bits per heavy atom. The van der Waals surface area contributed by atoms with Gasteiger partial charge in [0.2, 0.25) is 0 Å². The van der Waals surface area contributed by atoms with Crippen molar-refractivity contribution in [2.45, 2.75) is 27.3 Å². The van der Waals surface area contributed by atoms with Gasteiger partial charge in [0.15, 0.2) is 5.11 Å². The van der Waals surface area contributed by atoms with E-state index in [1.54, 1.807) is 0 Å². The topological polar surface area (TPSA) is 18.5 Å².